The zero-order valence-electron chi connectivity index (χ0n) is 21.5. The molecule has 196 valence electrons. The summed E-state index contributed by atoms with van der Waals surface area (Å²) in [6, 6.07) is 26.8. The molecule has 1 aromatic heterocycles. The van der Waals surface area contributed by atoms with E-state index in [1.54, 1.807) is 23.1 Å². The van der Waals surface area contributed by atoms with Crippen LogP contribution in [0.3, 0.4) is 0 Å². The molecular weight excluding hydrogens is 530 g/mol. The SMILES string of the molecule is Cc1cc(/C=C2\SC(=NCc3ccccc3)N(Cc3ccccc3)C2=O)c(C)n1-c1ccc(Cl)c(C(=O)O)c1. The maximum atomic E-state index is 13.6. The van der Waals surface area contributed by atoms with Crippen molar-refractivity contribution in [3.05, 3.63) is 128 Å². The van der Waals surface area contributed by atoms with Crippen molar-refractivity contribution in [3.63, 3.8) is 0 Å². The van der Waals surface area contributed by atoms with Gasteiger partial charge in [0.15, 0.2) is 5.17 Å². The fourth-order valence-electron chi connectivity index (χ4n) is 4.56. The number of carbonyl (C=O) groups is 2. The van der Waals surface area contributed by atoms with Gasteiger partial charge in [-0.1, -0.05) is 72.3 Å². The van der Waals surface area contributed by atoms with Gasteiger partial charge in [-0.25, -0.2) is 4.79 Å². The van der Waals surface area contributed by atoms with Crippen molar-refractivity contribution in [1.29, 1.82) is 0 Å². The summed E-state index contributed by atoms with van der Waals surface area (Å²) in [5.41, 5.74) is 5.50. The molecule has 0 unspecified atom stereocenters. The van der Waals surface area contributed by atoms with Crippen molar-refractivity contribution in [3.8, 4) is 5.69 Å². The van der Waals surface area contributed by atoms with E-state index >= 15 is 0 Å². The van der Waals surface area contributed by atoms with Crippen LogP contribution in [0.2, 0.25) is 5.02 Å². The summed E-state index contributed by atoms with van der Waals surface area (Å²) in [7, 11) is 0. The van der Waals surface area contributed by atoms with Gasteiger partial charge in [0, 0.05) is 17.1 Å². The van der Waals surface area contributed by atoms with Crippen molar-refractivity contribution >= 4 is 46.5 Å². The number of carboxylic acids is 1. The van der Waals surface area contributed by atoms with Crippen molar-refractivity contribution in [2.24, 2.45) is 4.99 Å². The van der Waals surface area contributed by atoms with Crippen molar-refractivity contribution in [1.82, 2.24) is 9.47 Å². The molecule has 0 radical (unpaired) electrons. The van der Waals surface area contributed by atoms with Gasteiger partial charge < -0.3 is 9.67 Å². The van der Waals surface area contributed by atoms with Crippen LogP contribution in [0.25, 0.3) is 11.8 Å². The van der Waals surface area contributed by atoms with Crippen LogP contribution in [0.4, 0.5) is 0 Å². The quantitative estimate of drug-likeness (QED) is 0.246. The average molecular weight is 556 g/mol. The molecular formula is C31H26ClN3O3S. The van der Waals surface area contributed by atoms with E-state index in [2.05, 4.69) is 0 Å². The largest absolute Gasteiger partial charge is 0.478 e. The van der Waals surface area contributed by atoms with Gasteiger partial charge in [0.25, 0.3) is 5.91 Å². The Morgan fingerprint density at radius 3 is 2.31 bits per heavy atom. The first-order valence-corrected chi connectivity index (χ1v) is 13.6. The Balaban J connectivity index is 1.49. The summed E-state index contributed by atoms with van der Waals surface area (Å²) in [4.78, 5) is 32.4. The Kier molecular flexibility index (Phi) is 7.72. The van der Waals surface area contributed by atoms with Crippen molar-refractivity contribution < 1.29 is 14.7 Å². The van der Waals surface area contributed by atoms with Crippen molar-refractivity contribution in [2.75, 3.05) is 0 Å². The number of carboxylic acid groups (broad SMARTS) is 1. The predicted molar refractivity (Wildman–Crippen MR) is 157 cm³/mol. The lowest BCUT2D eigenvalue weighted by molar-refractivity contribution is -0.122. The highest BCUT2D eigenvalue weighted by Crippen LogP contribution is 2.35. The number of nitrogens with zero attached hydrogens (tertiary/aromatic N) is 3. The number of thioether (sulfide) groups is 1. The van der Waals surface area contributed by atoms with Crippen LogP contribution >= 0.6 is 23.4 Å². The summed E-state index contributed by atoms with van der Waals surface area (Å²) in [6.07, 6.45) is 1.89. The first-order chi connectivity index (χ1) is 18.8. The highest BCUT2D eigenvalue weighted by Gasteiger charge is 2.33. The Morgan fingerprint density at radius 1 is 0.974 bits per heavy atom. The second-order valence-corrected chi connectivity index (χ2v) is 10.6. The van der Waals surface area contributed by atoms with Crippen LogP contribution in [-0.2, 0) is 17.9 Å². The van der Waals surface area contributed by atoms with Crippen LogP contribution in [0.5, 0.6) is 0 Å². The van der Waals surface area contributed by atoms with Gasteiger partial charge in [-0.3, -0.25) is 14.7 Å². The summed E-state index contributed by atoms with van der Waals surface area (Å²) in [5, 5.41) is 10.4. The van der Waals surface area contributed by atoms with Gasteiger partial charge in [0.05, 0.1) is 28.6 Å². The number of hydrogen-bond donors (Lipinski definition) is 1. The van der Waals surface area contributed by atoms with Crippen LogP contribution < -0.4 is 0 Å². The number of aryl methyl sites for hydroxylation is 1. The number of amides is 1. The molecule has 1 N–H and O–H groups in total. The lowest BCUT2D eigenvalue weighted by Crippen LogP contribution is -2.28. The highest BCUT2D eigenvalue weighted by molar-refractivity contribution is 8.18. The molecule has 0 aliphatic carbocycles. The Bertz CT molecular complexity index is 1610. The van der Waals surface area contributed by atoms with E-state index in [9.17, 15) is 14.7 Å². The number of aromatic carboxylic acids is 1. The van der Waals surface area contributed by atoms with E-state index in [1.807, 2.05) is 91.2 Å². The molecule has 1 fully saturated rings. The van der Waals surface area contributed by atoms with E-state index < -0.39 is 5.97 Å². The maximum Gasteiger partial charge on any atom is 0.337 e. The Labute approximate surface area is 236 Å². The standard InChI is InChI=1S/C31H26ClN3O3S/c1-20-15-24(21(2)35(20)25-13-14-27(32)26(17-25)30(37)38)16-28-29(36)34(19-23-11-7-4-8-12-23)31(39-28)33-18-22-9-5-3-6-10-22/h3-17H,18-19H2,1-2H3,(H,37,38)/b28-16-,33-31?. The first kappa shape index (κ1) is 26.5. The minimum Gasteiger partial charge on any atom is -0.478 e. The first-order valence-electron chi connectivity index (χ1n) is 12.4. The molecule has 3 aromatic carbocycles. The molecule has 0 bridgehead atoms. The number of aromatic nitrogens is 1. The van der Waals surface area contributed by atoms with Crippen LogP contribution in [0.1, 0.15) is 38.4 Å². The molecule has 2 heterocycles. The van der Waals surface area contributed by atoms with Gasteiger partial charge in [-0.2, -0.15) is 0 Å². The summed E-state index contributed by atoms with van der Waals surface area (Å²) < 4.78 is 1.96. The topological polar surface area (TPSA) is 74.9 Å². The molecule has 0 atom stereocenters. The van der Waals surface area contributed by atoms with E-state index in [4.69, 9.17) is 16.6 Å². The van der Waals surface area contributed by atoms with Gasteiger partial charge in [-0.15, -0.1) is 0 Å². The maximum absolute atomic E-state index is 13.6. The second kappa shape index (κ2) is 11.4. The fourth-order valence-corrected chi connectivity index (χ4v) is 5.73. The molecule has 1 aliphatic rings. The number of halogens is 1. The van der Waals surface area contributed by atoms with Crippen molar-refractivity contribution in [2.45, 2.75) is 26.9 Å². The fraction of sp³-hybridized carbons (Fsp3) is 0.129. The Morgan fingerprint density at radius 2 is 1.64 bits per heavy atom. The highest BCUT2D eigenvalue weighted by atomic mass is 35.5. The predicted octanol–water partition coefficient (Wildman–Crippen LogP) is 7.12. The van der Waals surface area contributed by atoms with Crippen LogP contribution in [0.15, 0.2) is 94.8 Å². The normalized spacial score (nSPS) is 15.5. The third kappa shape index (κ3) is 5.70. The molecule has 1 amide bonds. The average Bonchev–Trinajstić information content (AvgIpc) is 3.38. The van der Waals surface area contributed by atoms with E-state index in [0.717, 1.165) is 28.1 Å². The number of amidine groups is 1. The summed E-state index contributed by atoms with van der Waals surface area (Å²) >= 11 is 7.46. The lowest BCUT2D eigenvalue weighted by Gasteiger charge is -2.15. The van der Waals surface area contributed by atoms with Crippen LogP contribution in [0, 0.1) is 13.8 Å². The molecule has 0 saturated carbocycles. The number of rotatable bonds is 7. The molecule has 1 saturated heterocycles. The van der Waals surface area contributed by atoms with E-state index in [0.29, 0.717) is 28.8 Å². The number of aliphatic imine (C=N–C) groups is 1. The van der Waals surface area contributed by atoms with Crippen LogP contribution in [-0.4, -0.2) is 31.6 Å². The second-order valence-electron chi connectivity index (χ2n) is 9.20. The zero-order chi connectivity index (χ0) is 27.5. The number of benzene rings is 3. The van der Waals surface area contributed by atoms with Gasteiger partial charge in [-0.05, 0) is 72.6 Å². The molecule has 8 heteroatoms. The molecule has 4 aromatic rings. The summed E-state index contributed by atoms with van der Waals surface area (Å²) in [6.45, 7) is 4.80. The van der Waals surface area contributed by atoms with E-state index in [-0.39, 0.29) is 16.5 Å². The third-order valence-corrected chi connectivity index (χ3v) is 7.88. The van der Waals surface area contributed by atoms with Gasteiger partial charge in [0.1, 0.15) is 0 Å². The molecule has 5 rings (SSSR count). The minimum absolute atomic E-state index is 0.0407. The number of carbonyl (C=O) groups excluding carboxylic acids is 1. The zero-order valence-corrected chi connectivity index (χ0v) is 23.0. The third-order valence-electron chi connectivity index (χ3n) is 6.51. The van der Waals surface area contributed by atoms with Gasteiger partial charge in [0.2, 0.25) is 0 Å². The molecule has 0 spiro atoms. The number of hydrogen-bond acceptors (Lipinski definition) is 4. The summed E-state index contributed by atoms with van der Waals surface area (Å²) in [5.74, 6) is -1.18. The smallest absolute Gasteiger partial charge is 0.337 e. The molecule has 39 heavy (non-hydrogen) atoms. The lowest BCUT2D eigenvalue weighted by atomic mass is 10.2. The molecule has 6 nitrogen and oxygen atoms in total. The van der Waals surface area contributed by atoms with Gasteiger partial charge >= 0.3 is 5.97 Å². The molecule has 1 aliphatic heterocycles. The monoisotopic (exact) mass is 555 g/mol. The Hall–Kier alpha value is -4.07. The van der Waals surface area contributed by atoms with E-state index in [1.165, 1.54) is 11.8 Å². The minimum atomic E-state index is -1.08.